The summed E-state index contributed by atoms with van der Waals surface area (Å²) in [6, 6.07) is 0. The average Bonchev–Trinajstić information content (AvgIpc) is 3.22. The highest BCUT2D eigenvalue weighted by atomic mass is 16.5. The molecule has 0 fully saturated rings. The van der Waals surface area contributed by atoms with Gasteiger partial charge in [0.25, 0.3) is 12.9 Å². The Balaban J connectivity index is -0.00000137. The minimum atomic E-state index is 0.0243. The summed E-state index contributed by atoms with van der Waals surface area (Å²) in [7, 11) is 4.13. The summed E-state index contributed by atoms with van der Waals surface area (Å²) < 4.78 is 15.2. The number of ether oxygens (including phenoxy) is 3. The second-order valence-electron chi connectivity index (χ2n) is 17.3. The summed E-state index contributed by atoms with van der Waals surface area (Å²) in [6.07, 6.45) is 44.1. The van der Waals surface area contributed by atoms with Crippen LogP contribution in [0.3, 0.4) is 0 Å². The molecule has 0 N–H and O–H groups in total. The van der Waals surface area contributed by atoms with E-state index in [1.54, 1.807) is 0 Å². The topological polar surface area (TPSA) is 82.1 Å². The van der Waals surface area contributed by atoms with Gasteiger partial charge in [-0.05, 0) is 64.6 Å². The van der Waals surface area contributed by atoms with Crippen molar-refractivity contribution in [1.29, 1.82) is 0 Å². The summed E-state index contributed by atoms with van der Waals surface area (Å²) >= 11 is 0. The monoisotopic (exact) mass is 826 g/mol. The minimum Gasteiger partial charge on any atom is -0.468 e. The zero-order valence-corrected chi connectivity index (χ0v) is 40.4. The van der Waals surface area contributed by atoms with E-state index in [4.69, 9.17) is 4.74 Å². The molecule has 0 saturated carbocycles. The Morgan fingerprint density at radius 3 is 1.00 bits per heavy atom. The highest BCUT2D eigenvalue weighted by molar-refractivity contribution is 5.69. The third-order valence-electron chi connectivity index (χ3n) is 11.7. The Morgan fingerprint density at radius 1 is 0.448 bits per heavy atom. The van der Waals surface area contributed by atoms with Gasteiger partial charge in [-0.1, -0.05) is 221 Å². The second-order valence-corrected chi connectivity index (χ2v) is 17.3. The maximum Gasteiger partial charge on any atom is 0.306 e. The predicted octanol–water partition coefficient (Wildman–Crippen LogP) is 15.4. The molecule has 0 heterocycles. The molecule has 0 aromatic carbocycles. The SMILES string of the molecule is CCC(CC)COC=O.CCC(CC)COC=O.CCCCCCCCCCCCCCCC(CCCCCCCCCCCCCCC)OC(=O)CCCN(C)C. The van der Waals surface area contributed by atoms with Crippen LogP contribution in [0, 0.1) is 11.8 Å². The number of unbranched alkanes of at least 4 members (excludes halogenated alkanes) is 24. The molecule has 58 heavy (non-hydrogen) atoms. The normalized spacial score (nSPS) is 11.0. The minimum absolute atomic E-state index is 0.0243. The molecule has 0 aromatic rings. The number of hydrogen-bond acceptors (Lipinski definition) is 7. The van der Waals surface area contributed by atoms with Gasteiger partial charge in [-0.15, -0.1) is 0 Å². The predicted molar refractivity (Wildman–Crippen MR) is 250 cm³/mol. The third-order valence-corrected chi connectivity index (χ3v) is 11.7. The number of hydrogen-bond donors (Lipinski definition) is 0. The van der Waals surface area contributed by atoms with Crippen LogP contribution in [0.2, 0.25) is 0 Å². The zero-order chi connectivity index (χ0) is 43.6. The van der Waals surface area contributed by atoms with Crippen molar-refractivity contribution >= 4 is 18.9 Å². The molecule has 0 unspecified atom stereocenters. The smallest absolute Gasteiger partial charge is 0.306 e. The molecule has 7 heteroatoms. The van der Waals surface area contributed by atoms with Crippen molar-refractivity contribution < 1.29 is 28.6 Å². The molecule has 0 aliphatic carbocycles. The first-order valence-electron chi connectivity index (χ1n) is 25.2. The lowest BCUT2D eigenvalue weighted by Crippen LogP contribution is -2.20. The average molecular weight is 826 g/mol. The lowest BCUT2D eigenvalue weighted by atomic mass is 10.0. The van der Waals surface area contributed by atoms with E-state index in [0.29, 0.717) is 44.4 Å². The van der Waals surface area contributed by atoms with Crippen LogP contribution < -0.4 is 0 Å². The Hall–Kier alpha value is -1.63. The van der Waals surface area contributed by atoms with Gasteiger partial charge in [0.2, 0.25) is 0 Å². The van der Waals surface area contributed by atoms with Gasteiger partial charge in [0, 0.05) is 6.42 Å². The van der Waals surface area contributed by atoms with E-state index >= 15 is 0 Å². The Kier molecular flexibility index (Phi) is 55.8. The zero-order valence-electron chi connectivity index (χ0n) is 40.4. The van der Waals surface area contributed by atoms with Crippen molar-refractivity contribution in [2.75, 3.05) is 33.9 Å². The van der Waals surface area contributed by atoms with Crippen LogP contribution in [0.5, 0.6) is 0 Å². The molecule has 0 atom stereocenters. The van der Waals surface area contributed by atoms with Crippen LogP contribution in [0.25, 0.3) is 0 Å². The van der Waals surface area contributed by atoms with Crippen molar-refractivity contribution in [2.45, 2.75) is 266 Å². The Morgan fingerprint density at radius 2 is 0.741 bits per heavy atom. The standard InChI is InChI=1S/C37H75NO2.2C7H14O2/c1-5-7-9-11-13-15-17-19-21-23-25-27-29-32-36(40-37(39)34-31-35-38(3)4)33-30-28-26-24-22-20-18-16-14-12-10-8-6-2;2*1-3-7(4-2)5-9-6-8/h36H,5-35H2,1-4H3;2*6-7H,3-5H2,1-2H3. The van der Waals surface area contributed by atoms with E-state index in [2.05, 4.69) is 70.0 Å². The summed E-state index contributed by atoms with van der Waals surface area (Å²) in [5.74, 6) is 1.13. The lowest BCUT2D eigenvalue weighted by molar-refractivity contribution is -0.150. The summed E-state index contributed by atoms with van der Waals surface area (Å²) in [6.45, 7) is 16.1. The van der Waals surface area contributed by atoms with Crippen molar-refractivity contribution in [1.82, 2.24) is 4.90 Å². The van der Waals surface area contributed by atoms with E-state index < -0.39 is 0 Å². The van der Waals surface area contributed by atoms with Gasteiger partial charge in [-0.2, -0.15) is 0 Å². The molecule has 0 saturated heterocycles. The maximum atomic E-state index is 12.5. The fourth-order valence-corrected chi connectivity index (χ4v) is 7.23. The van der Waals surface area contributed by atoms with Gasteiger partial charge < -0.3 is 19.1 Å². The van der Waals surface area contributed by atoms with E-state index in [1.165, 1.54) is 167 Å². The first kappa shape index (κ1) is 60.7. The number of rotatable bonds is 43. The molecule has 0 aliphatic rings. The van der Waals surface area contributed by atoms with Gasteiger partial charge in [0.05, 0.1) is 13.2 Å². The van der Waals surface area contributed by atoms with E-state index in [-0.39, 0.29) is 12.1 Å². The molecule has 0 bridgehead atoms. The molecule has 0 radical (unpaired) electrons. The van der Waals surface area contributed by atoms with Crippen LogP contribution in [-0.2, 0) is 28.6 Å². The molecule has 7 nitrogen and oxygen atoms in total. The van der Waals surface area contributed by atoms with Gasteiger partial charge >= 0.3 is 5.97 Å². The number of esters is 1. The molecule has 348 valence electrons. The number of nitrogens with zero attached hydrogens (tertiary/aromatic N) is 1. The van der Waals surface area contributed by atoms with E-state index in [9.17, 15) is 14.4 Å². The molecule has 0 aromatic heterocycles. The summed E-state index contributed by atoms with van der Waals surface area (Å²) in [5, 5.41) is 0. The molecule has 0 rings (SSSR count). The van der Waals surface area contributed by atoms with Crippen molar-refractivity contribution in [3.63, 3.8) is 0 Å². The first-order valence-corrected chi connectivity index (χ1v) is 25.2. The molecule has 0 aliphatic heterocycles. The summed E-state index contributed by atoms with van der Waals surface area (Å²) in [4.78, 5) is 34.0. The molecular weight excluding hydrogens is 723 g/mol. The largest absolute Gasteiger partial charge is 0.468 e. The second kappa shape index (κ2) is 53.4. The van der Waals surface area contributed by atoms with Gasteiger partial charge in [-0.3, -0.25) is 14.4 Å². The van der Waals surface area contributed by atoms with Crippen LogP contribution in [0.15, 0.2) is 0 Å². The van der Waals surface area contributed by atoms with E-state index in [1.807, 2.05) is 0 Å². The first-order chi connectivity index (χ1) is 28.3. The van der Waals surface area contributed by atoms with Gasteiger partial charge in [-0.25, -0.2) is 0 Å². The van der Waals surface area contributed by atoms with Gasteiger partial charge in [0.1, 0.15) is 6.10 Å². The fourth-order valence-electron chi connectivity index (χ4n) is 7.23. The third kappa shape index (κ3) is 52.4. The summed E-state index contributed by atoms with van der Waals surface area (Å²) in [5.41, 5.74) is 0. The molecular formula is C51H103NO6. The van der Waals surface area contributed by atoms with Crippen LogP contribution >= 0.6 is 0 Å². The fraction of sp³-hybridized carbons (Fsp3) is 0.941. The number of carbonyl (C=O) groups is 3. The van der Waals surface area contributed by atoms with Crippen molar-refractivity contribution in [3.05, 3.63) is 0 Å². The number of carbonyl (C=O) groups excluding carboxylic acids is 3. The van der Waals surface area contributed by atoms with E-state index in [0.717, 1.165) is 51.5 Å². The Labute approximate surface area is 363 Å². The van der Waals surface area contributed by atoms with Crippen LogP contribution in [0.1, 0.15) is 260 Å². The highest BCUT2D eigenvalue weighted by Crippen LogP contribution is 2.19. The van der Waals surface area contributed by atoms with Crippen LogP contribution in [0.4, 0.5) is 0 Å². The highest BCUT2D eigenvalue weighted by Gasteiger charge is 2.14. The molecule has 0 spiro atoms. The maximum absolute atomic E-state index is 12.5. The van der Waals surface area contributed by atoms with Crippen LogP contribution in [-0.4, -0.2) is 63.8 Å². The van der Waals surface area contributed by atoms with Gasteiger partial charge in [0.15, 0.2) is 0 Å². The Bertz CT molecular complexity index is 735. The lowest BCUT2D eigenvalue weighted by Gasteiger charge is -2.18. The van der Waals surface area contributed by atoms with Crippen molar-refractivity contribution in [3.8, 4) is 0 Å². The molecule has 0 amide bonds. The van der Waals surface area contributed by atoms with Crippen molar-refractivity contribution in [2.24, 2.45) is 11.8 Å². The quantitative estimate of drug-likeness (QED) is 0.0262.